The van der Waals surface area contributed by atoms with E-state index in [0.29, 0.717) is 11.8 Å². The minimum absolute atomic E-state index is 0.0479. The summed E-state index contributed by atoms with van der Waals surface area (Å²) < 4.78 is 42.7. The molecule has 3 aromatic rings. The van der Waals surface area contributed by atoms with Gasteiger partial charge in [0.25, 0.3) is 0 Å². The van der Waals surface area contributed by atoms with Gasteiger partial charge in [-0.3, -0.25) is 4.79 Å². The molecule has 1 amide bonds. The molecule has 10 heteroatoms. The van der Waals surface area contributed by atoms with E-state index < -0.39 is 17.8 Å². The second-order valence-electron chi connectivity index (χ2n) is 4.99. The highest BCUT2D eigenvalue weighted by Gasteiger charge is 2.32. The number of pyridine rings is 1. The lowest BCUT2D eigenvalue weighted by Crippen LogP contribution is -2.13. The number of hydrogen-bond donors (Lipinski definition) is 1. The minimum atomic E-state index is -4.51. The van der Waals surface area contributed by atoms with Gasteiger partial charge >= 0.3 is 6.18 Å². The summed E-state index contributed by atoms with van der Waals surface area (Å²) in [4.78, 5) is 15.1. The van der Waals surface area contributed by atoms with Crippen molar-refractivity contribution in [1.82, 2.24) is 15.2 Å². The van der Waals surface area contributed by atoms with Gasteiger partial charge in [0.1, 0.15) is 5.69 Å². The molecule has 0 saturated heterocycles. The second kappa shape index (κ2) is 7.01. The zero-order chi connectivity index (χ0) is 17.9. The number of hydrogen-bond acceptors (Lipinski definition) is 6. The average Bonchev–Trinajstić information content (AvgIpc) is 3.24. The number of rotatable bonds is 5. The first kappa shape index (κ1) is 17.1. The number of thiophene rings is 1. The van der Waals surface area contributed by atoms with Crippen LogP contribution >= 0.6 is 11.3 Å². The van der Waals surface area contributed by atoms with Crippen LogP contribution < -0.4 is 5.32 Å². The lowest BCUT2D eigenvalue weighted by molar-refractivity contribution is -0.141. The van der Waals surface area contributed by atoms with Crippen LogP contribution in [0.15, 0.2) is 39.6 Å². The molecule has 0 aliphatic rings. The smallest absolute Gasteiger partial charge is 0.421 e. The van der Waals surface area contributed by atoms with Crippen LogP contribution in [0.4, 0.5) is 18.9 Å². The number of halogens is 3. The monoisotopic (exact) mass is 368 g/mol. The maximum Gasteiger partial charge on any atom is 0.433 e. The van der Waals surface area contributed by atoms with Crippen molar-refractivity contribution in [3.8, 4) is 11.5 Å². The van der Waals surface area contributed by atoms with Gasteiger partial charge in [-0.2, -0.15) is 24.5 Å². The Morgan fingerprint density at radius 3 is 2.72 bits per heavy atom. The van der Waals surface area contributed by atoms with E-state index in [1.807, 2.05) is 16.8 Å². The number of aromatic nitrogens is 3. The molecule has 3 aromatic heterocycles. The van der Waals surface area contributed by atoms with Crippen LogP contribution in [-0.2, 0) is 17.4 Å². The number of alkyl halides is 3. The third-order valence-corrected chi connectivity index (χ3v) is 3.82. The molecule has 0 unspecified atom stereocenters. The van der Waals surface area contributed by atoms with Gasteiger partial charge in [0.05, 0.1) is 11.9 Å². The van der Waals surface area contributed by atoms with Crippen molar-refractivity contribution >= 4 is 22.9 Å². The fraction of sp³-hybridized carbons (Fsp3) is 0.200. The molecule has 25 heavy (non-hydrogen) atoms. The van der Waals surface area contributed by atoms with Crippen LogP contribution in [0.2, 0.25) is 0 Å². The Morgan fingerprint density at radius 2 is 2.08 bits per heavy atom. The molecular weight excluding hydrogens is 357 g/mol. The van der Waals surface area contributed by atoms with Crippen LogP contribution in [0.5, 0.6) is 0 Å². The summed E-state index contributed by atoms with van der Waals surface area (Å²) >= 11 is 1.50. The van der Waals surface area contributed by atoms with E-state index in [1.54, 1.807) is 0 Å². The van der Waals surface area contributed by atoms with E-state index in [1.165, 1.54) is 11.3 Å². The third kappa shape index (κ3) is 4.41. The largest absolute Gasteiger partial charge is 0.433 e. The van der Waals surface area contributed by atoms with E-state index >= 15 is 0 Å². The molecule has 3 heterocycles. The summed E-state index contributed by atoms with van der Waals surface area (Å²) in [5.41, 5.74) is -0.0242. The molecule has 0 bridgehead atoms. The molecule has 0 radical (unpaired) electrons. The van der Waals surface area contributed by atoms with Crippen molar-refractivity contribution in [3.63, 3.8) is 0 Å². The quantitative estimate of drug-likeness (QED) is 0.741. The number of nitrogens with one attached hydrogen (secondary N) is 1. The Hall–Kier alpha value is -2.75. The summed E-state index contributed by atoms with van der Waals surface area (Å²) in [6, 6.07) is 3.79. The summed E-state index contributed by atoms with van der Waals surface area (Å²) in [6.45, 7) is 0. The molecule has 0 aliphatic heterocycles. The molecule has 0 saturated carbocycles. The van der Waals surface area contributed by atoms with Crippen molar-refractivity contribution < 1.29 is 22.4 Å². The maximum absolute atomic E-state index is 12.4. The number of aryl methyl sites for hydroxylation is 1. The highest BCUT2D eigenvalue weighted by atomic mass is 32.1. The molecule has 0 aliphatic carbocycles. The predicted octanol–water partition coefficient (Wildman–Crippen LogP) is 3.78. The summed E-state index contributed by atoms with van der Waals surface area (Å²) in [5.74, 6) is 0.294. The summed E-state index contributed by atoms with van der Waals surface area (Å²) in [7, 11) is 0. The van der Waals surface area contributed by atoms with E-state index in [-0.39, 0.29) is 18.5 Å². The van der Waals surface area contributed by atoms with E-state index in [9.17, 15) is 18.0 Å². The molecule has 3 rings (SSSR count). The number of anilines is 1. The van der Waals surface area contributed by atoms with Gasteiger partial charge in [0.15, 0.2) is 0 Å². The highest BCUT2D eigenvalue weighted by Crippen LogP contribution is 2.27. The summed E-state index contributed by atoms with van der Waals surface area (Å²) in [5, 5.41) is 14.0. The fourth-order valence-corrected chi connectivity index (χ4v) is 2.57. The molecule has 0 aromatic carbocycles. The van der Waals surface area contributed by atoms with E-state index in [0.717, 1.165) is 23.9 Å². The van der Waals surface area contributed by atoms with Gasteiger partial charge < -0.3 is 9.73 Å². The average molecular weight is 368 g/mol. The van der Waals surface area contributed by atoms with Crippen molar-refractivity contribution in [2.45, 2.75) is 19.0 Å². The fourth-order valence-electron chi connectivity index (χ4n) is 1.94. The molecule has 0 spiro atoms. The van der Waals surface area contributed by atoms with Crippen LogP contribution in [0.25, 0.3) is 11.5 Å². The van der Waals surface area contributed by atoms with Gasteiger partial charge in [-0.15, -0.1) is 10.2 Å². The first-order chi connectivity index (χ1) is 11.9. The highest BCUT2D eigenvalue weighted by molar-refractivity contribution is 7.08. The molecular formula is C15H11F3N4O2S. The lowest BCUT2D eigenvalue weighted by atomic mass is 10.2. The van der Waals surface area contributed by atoms with Crippen LogP contribution in [0, 0.1) is 0 Å². The molecule has 130 valence electrons. The van der Waals surface area contributed by atoms with E-state index in [4.69, 9.17) is 4.42 Å². The first-order valence-electron chi connectivity index (χ1n) is 7.10. The standard InChI is InChI=1S/C15H11F3N4O2S/c16-15(17,18)11-2-1-10(7-19-11)20-12(23)3-4-13-21-22-14(24-13)9-5-6-25-8-9/h1-2,5-8H,3-4H2,(H,20,23). The van der Waals surface area contributed by atoms with Crippen molar-refractivity contribution in [1.29, 1.82) is 0 Å². The number of nitrogens with zero attached hydrogens (tertiary/aromatic N) is 3. The third-order valence-electron chi connectivity index (χ3n) is 3.14. The maximum atomic E-state index is 12.4. The predicted molar refractivity (Wildman–Crippen MR) is 83.8 cm³/mol. The molecule has 6 nitrogen and oxygen atoms in total. The lowest BCUT2D eigenvalue weighted by Gasteiger charge is -2.07. The van der Waals surface area contributed by atoms with Crippen LogP contribution in [0.3, 0.4) is 0 Å². The van der Waals surface area contributed by atoms with Crippen LogP contribution in [0.1, 0.15) is 18.0 Å². The van der Waals surface area contributed by atoms with Crippen molar-refractivity contribution in [3.05, 3.63) is 46.7 Å². The number of carbonyl (C=O) groups is 1. The summed E-state index contributed by atoms with van der Waals surface area (Å²) in [6.07, 6.45) is -3.29. The zero-order valence-corrected chi connectivity index (χ0v) is 13.4. The first-order valence-corrected chi connectivity index (χ1v) is 8.04. The topological polar surface area (TPSA) is 80.9 Å². The zero-order valence-electron chi connectivity index (χ0n) is 12.6. The van der Waals surface area contributed by atoms with Crippen LogP contribution in [-0.4, -0.2) is 21.1 Å². The van der Waals surface area contributed by atoms with Crippen molar-refractivity contribution in [2.24, 2.45) is 0 Å². The van der Waals surface area contributed by atoms with E-state index in [2.05, 4.69) is 20.5 Å². The van der Waals surface area contributed by atoms with Gasteiger partial charge in [-0.25, -0.2) is 4.98 Å². The Balaban J connectivity index is 1.53. The molecule has 1 N–H and O–H groups in total. The normalized spacial score (nSPS) is 11.5. The van der Waals surface area contributed by atoms with Gasteiger partial charge in [0, 0.05) is 23.8 Å². The van der Waals surface area contributed by atoms with Gasteiger partial charge in [-0.1, -0.05) is 0 Å². The van der Waals surface area contributed by atoms with Gasteiger partial charge in [0.2, 0.25) is 17.7 Å². The second-order valence-corrected chi connectivity index (χ2v) is 5.77. The SMILES string of the molecule is O=C(CCc1nnc(-c2ccsc2)o1)Nc1ccc(C(F)(F)F)nc1. The Kier molecular flexibility index (Phi) is 4.79. The minimum Gasteiger partial charge on any atom is -0.421 e. The molecule has 0 atom stereocenters. The Labute approximate surface area is 143 Å². The Bertz CT molecular complexity index is 845. The molecule has 0 fully saturated rings. The van der Waals surface area contributed by atoms with Gasteiger partial charge in [-0.05, 0) is 23.6 Å². The number of carbonyl (C=O) groups excluding carboxylic acids is 1. The number of amides is 1. The van der Waals surface area contributed by atoms with Crippen molar-refractivity contribution in [2.75, 3.05) is 5.32 Å². The Morgan fingerprint density at radius 1 is 1.24 bits per heavy atom.